The first-order valence-corrected chi connectivity index (χ1v) is 4.00. The molecule has 0 fully saturated rings. The molecule has 2 heterocycles. The molecule has 0 aliphatic rings. The van der Waals surface area contributed by atoms with Gasteiger partial charge in [0.15, 0.2) is 11.2 Å². The van der Waals surface area contributed by atoms with Gasteiger partial charge in [-0.05, 0) is 0 Å². The van der Waals surface area contributed by atoms with Gasteiger partial charge >= 0.3 is 0 Å². The molecule has 8 heteroatoms. The van der Waals surface area contributed by atoms with Crippen molar-refractivity contribution in [3.05, 3.63) is 16.7 Å². The molecular weight excluding hydrogens is 202 g/mol. The van der Waals surface area contributed by atoms with E-state index in [1.54, 1.807) is 0 Å². The topological polar surface area (TPSA) is 127 Å². The van der Waals surface area contributed by atoms with Crippen molar-refractivity contribution in [2.75, 3.05) is 12.3 Å². The van der Waals surface area contributed by atoms with E-state index in [0.29, 0.717) is 0 Å². The third-order valence-corrected chi connectivity index (χ3v) is 1.84. The third-order valence-electron chi connectivity index (χ3n) is 1.84. The van der Waals surface area contributed by atoms with Gasteiger partial charge in [-0.15, -0.1) is 0 Å². The Morgan fingerprint density at radius 3 is 3.07 bits per heavy atom. The summed E-state index contributed by atoms with van der Waals surface area (Å²) in [5, 5.41) is 8.66. The summed E-state index contributed by atoms with van der Waals surface area (Å²) in [5.74, 6) is -0.733. The summed E-state index contributed by atoms with van der Waals surface area (Å²) in [6, 6.07) is 0. The number of nitrogens with two attached hydrogens (primary N) is 1. The minimum Gasteiger partial charge on any atom is -0.387 e. The summed E-state index contributed by atoms with van der Waals surface area (Å²) in [5.41, 5.74) is 4.76. The number of anilines is 1. The molecule has 0 bridgehead atoms. The quantitative estimate of drug-likeness (QED) is 0.515. The summed E-state index contributed by atoms with van der Waals surface area (Å²) < 4.78 is 0.931. The standard InChI is InChI=1S/C7H7N5O3/c8-7-10-5-4(6(15)11-7)12(2-9-5)3(14)1-13/h2,13H,1H2,(H3,8,10,11,15). The predicted molar refractivity (Wildman–Crippen MR) is 50.3 cm³/mol. The molecule has 2 aromatic rings. The average Bonchev–Trinajstić information content (AvgIpc) is 2.60. The molecule has 2 rings (SSSR count). The number of aliphatic hydroxyl groups is 1. The van der Waals surface area contributed by atoms with Crippen LogP contribution in [0.25, 0.3) is 11.2 Å². The fourth-order valence-electron chi connectivity index (χ4n) is 1.21. The normalized spacial score (nSPS) is 10.7. The summed E-state index contributed by atoms with van der Waals surface area (Å²) in [7, 11) is 0. The number of aliphatic hydroxyl groups excluding tert-OH is 1. The van der Waals surface area contributed by atoms with E-state index in [9.17, 15) is 9.59 Å². The molecule has 0 aliphatic heterocycles. The van der Waals surface area contributed by atoms with Gasteiger partial charge in [-0.3, -0.25) is 19.1 Å². The van der Waals surface area contributed by atoms with E-state index in [4.69, 9.17) is 10.8 Å². The van der Waals surface area contributed by atoms with E-state index in [1.165, 1.54) is 0 Å². The summed E-state index contributed by atoms with van der Waals surface area (Å²) in [4.78, 5) is 32.3. The van der Waals surface area contributed by atoms with E-state index < -0.39 is 18.1 Å². The Labute approximate surface area is 82.4 Å². The van der Waals surface area contributed by atoms with Gasteiger partial charge in [-0.1, -0.05) is 0 Å². The summed E-state index contributed by atoms with van der Waals surface area (Å²) >= 11 is 0. The van der Waals surface area contributed by atoms with Gasteiger partial charge in [-0.2, -0.15) is 4.98 Å². The second-order valence-corrected chi connectivity index (χ2v) is 2.79. The minimum atomic E-state index is -0.713. The van der Waals surface area contributed by atoms with Crippen LogP contribution in [0.4, 0.5) is 5.95 Å². The Morgan fingerprint density at radius 2 is 2.40 bits per heavy atom. The van der Waals surface area contributed by atoms with Gasteiger partial charge in [0.25, 0.3) is 11.5 Å². The first-order valence-electron chi connectivity index (χ1n) is 4.00. The lowest BCUT2D eigenvalue weighted by molar-refractivity contribution is 0.0823. The summed E-state index contributed by atoms with van der Waals surface area (Å²) in [6.07, 6.45) is 1.12. The van der Waals surface area contributed by atoms with Crippen LogP contribution >= 0.6 is 0 Å². The molecule has 0 saturated heterocycles. The van der Waals surface area contributed by atoms with E-state index in [-0.39, 0.29) is 17.1 Å². The largest absolute Gasteiger partial charge is 0.387 e. The number of H-pyrrole nitrogens is 1. The lowest BCUT2D eigenvalue weighted by Gasteiger charge is -1.98. The van der Waals surface area contributed by atoms with Gasteiger partial charge in [-0.25, -0.2) is 4.98 Å². The lowest BCUT2D eigenvalue weighted by atomic mass is 10.5. The fraction of sp³-hybridized carbons (Fsp3) is 0.143. The smallest absolute Gasteiger partial charge is 0.279 e. The molecule has 2 aromatic heterocycles. The Balaban J connectivity index is 2.80. The number of nitrogens with zero attached hydrogens (tertiary/aromatic N) is 3. The predicted octanol–water partition coefficient (Wildman–Crippen LogP) is -1.67. The van der Waals surface area contributed by atoms with Crippen LogP contribution in [0.15, 0.2) is 11.1 Å². The van der Waals surface area contributed by atoms with E-state index >= 15 is 0 Å². The van der Waals surface area contributed by atoms with Crippen LogP contribution in [0.3, 0.4) is 0 Å². The Kier molecular flexibility index (Phi) is 1.97. The number of aromatic amines is 1. The molecule has 0 amide bonds. The molecule has 0 saturated carbocycles. The highest BCUT2D eigenvalue weighted by molar-refractivity contribution is 5.89. The molecule has 4 N–H and O–H groups in total. The van der Waals surface area contributed by atoms with Gasteiger partial charge in [0.05, 0.1) is 0 Å². The molecule has 0 aliphatic carbocycles. The molecule has 78 valence electrons. The number of hydrogen-bond donors (Lipinski definition) is 3. The second-order valence-electron chi connectivity index (χ2n) is 2.79. The zero-order chi connectivity index (χ0) is 11.0. The van der Waals surface area contributed by atoms with Crippen molar-refractivity contribution in [3.8, 4) is 0 Å². The van der Waals surface area contributed by atoms with Crippen LogP contribution in [0, 0.1) is 0 Å². The minimum absolute atomic E-state index is 0.0248. The number of nitrogens with one attached hydrogen (secondary N) is 1. The number of imidazole rings is 1. The van der Waals surface area contributed by atoms with Crippen LogP contribution in [0.2, 0.25) is 0 Å². The fourth-order valence-corrected chi connectivity index (χ4v) is 1.21. The van der Waals surface area contributed by atoms with Crippen molar-refractivity contribution in [2.45, 2.75) is 0 Å². The Hall–Kier alpha value is -2.22. The number of aromatic nitrogens is 4. The molecule has 8 nitrogen and oxygen atoms in total. The van der Waals surface area contributed by atoms with E-state index in [2.05, 4.69) is 15.0 Å². The maximum absolute atomic E-state index is 11.4. The SMILES string of the molecule is Nc1nc2ncn(C(=O)CO)c2c(=O)[nH]1. The van der Waals surface area contributed by atoms with Crippen LogP contribution in [0.1, 0.15) is 4.79 Å². The van der Waals surface area contributed by atoms with Crippen molar-refractivity contribution in [2.24, 2.45) is 0 Å². The maximum atomic E-state index is 11.4. The first kappa shape index (κ1) is 9.34. The van der Waals surface area contributed by atoms with Gasteiger partial charge in [0, 0.05) is 0 Å². The molecule has 0 atom stereocenters. The number of hydrogen-bond acceptors (Lipinski definition) is 6. The highest BCUT2D eigenvalue weighted by atomic mass is 16.3. The van der Waals surface area contributed by atoms with Crippen molar-refractivity contribution in [1.29, 1.82) is 0 Å². The molecular formula is C7H7N5O3. The zero-order valence-corrected chi connectivity index (χ0v) is 7.47. The first-order chi connectivity index (χ1) is 7.13. The zero-order valence-electron chi connectivity index (χ0n) is 7.47. The third kappa shape index (κ3) is 1.36. The van der Waals surface area contributed by atoms with Crippen LogP contribution < -0.4 is 11.3 Å². The van der Waals surface area contributed by atoms with Gasteiger partial charge in [0.2, 0.25) is 5.95 Å². The number of rotatable bonds is 1. The van der Waals surface area contributed by atoms with Crippen LogP contribution in [-0.4, -0.2) is 37.1 Å². The number of carbonyl (C=O) groups excluding carboxylic acids is 1. The number of nitrogen functional groups attached to an aromatic ring is 1. The summed E-state index contributed by atoms with van der Waals surface area (Å²) in [6.45, 7) is -0.713. The maximum Gasteiger partial charge on any atom is 0.279 e. The second kappa shape index (κ2) is 3.17. The monoisotopic (exact) mass is 209 g/mol. The highest BCUT2D eigenvalue weighted by Gasteiger charge is 2.13. The van der Waals surface area contributed by atoms with Crippen molar-refractivity contribution in [3.63, 3.8) is 0 Å². The Morgan fingerprint density at radius 1 is 1.67 bits per heavy atom. The van der Waals surface area contributed by atoms with Crippen molar-refractivity contribution < 1.29 is 9.90 Å². The Bertz CT molecular complexity index is 584. The van der Waals surface area contributed by atoms with E-state index in [0.717, 1.165) is 10.9 Å². The molecule has 0 spiro atoms. The highest BCUT2D eigenvalue weighted by Crippen LogP contribution is 2.05. The molecule has 15 heavy (non-hydrogen) atoms. The molecule has 0 radical (unpaired) electrons. The van der Waals surface area contributed by atoms with Crippen molar-refractivity contribution >= 4 is 23.0 Å². The van der Waals surface area contributed by atoms with E-state index in [1.807, 2.05) is 0 Å². The average molecular weight is 209 g/mol. The van der Waals surface area contributed by atoms with Gasteiger partial charge in [0.1, 0.15) is 12.9 Å². The number of fused-ring (bicyclic) bond motifs is 1. The number of carbonyl (C=O) groups is 1. The van der Waals surface area contributed by atoms with Crippen molar-refractivity contribution in [1.82, 2.24) is 19.5 Å². The molecule has 0 unspecified atom stereocenters. The lowest BCUT2D eigenvalue weighted by Crippen LogP contribution is -2.20. The van der Waals surface area contributed by atoms with Crippen LogP contribution in [-0.2, 0) is 0 Å². The molecule has 0 aromatic carbocycles. The van der Waals surface area contributed by atoms with Gasteiger partial charge < -0.3 is 10.8 Å². The van der Waals surface area contributed by atoms with Crippen LogP contribution in [0.5, 0.6) is 0 Å².